The molecule has 4 heteroatoms. The number of carboxylic acid groups (broad SMARTS) is 1. The van der Waals surface area contributed by atoms with Crippen molar-refractivity contribution < 1.29 is 14.7 Å². The third-order valence-corrected chi connectivity index (χ3v) is 3.97. The van der Waals surface area contributed by atoms with Crippen molar-refractivity contribution in [2.24, 2.45) is 0 Å². The quantitative estimate of drug-likeness (QED) is 0.644. The van der Waals surface area contributed by atoms with Crippen LogP contribution in [0.3, 0.4) is 0 Å². The molecule has 2 rings (SSSR count). The van der Waals surface area contributed by atoms with E-state index in [0.29, 0.717) is 5.25 Å². The summed E-state index contributed by atoms with van der Waals surface area (Å²) in [5, 5.41) is 9.30. The Morgan fingerprint density at radius 3 is 2.56 bits per heavy atom. The Labute approximate surface area is 97.9 Å². The minimum atomic E-state index is -1.40. The second-order valence-electron chi connectivity index (χ2n) is 3.93. The van der Waals surface area contributed by atoms with Crippen LogP contribution in [0.2, 0.25) is 0 Å². The molecule has 84 valence electrons. The first-order valence-corrected chi connectivity index (χ1v) is 6.01. The summed E-state index contributed by atoms with van der Waals surface area (Å²) < 4.78 is 0. The van der Waals surface area contributed by atoms with Gasteiger partial charge in [-0.05, 0) is 43.5 Å². The molecule has 0 unspecified atom stereocenters. The summed E-state index contributed by atoms with van der Waals surface area (Å²) in [7, 11) is 0. The fourth-order valence-corrected chi connectivity index (χ4v) is 2.53. The van der Waals surface area contributed by atoms with Gasteiger partial charge < -0.3 is 5.11 Å². The average Bonchev–Trinajstić information content (AvgIpc) is 3.03. The largest absolute Gasteiger partial charge is 0.475 e. The molecular weight excluding hydrogens is 224 g/mol. The molecule has 1 fully saturated rings. The molecule has 1 aromatic carbocycles. The van der Waals surface area contributed by atoms with Gasteiger partial charge in [0.25, 0.3) is 5.78 Å². The third kappa shape index (κ3) is 2.44. The van der Waals surface area contributed by atoms with Crippen molar-refractivity contribution in [3.63, 3.8) is 0 Å². The lowest BCUT2D eigenvalue weighted by molar-refractivity contribution is -0.131. The smallest absolute Gasteiger partial charge is 0.377 e. The lowest BCUT2D eigenvalue weighted by Gasteiger charge is -2.05. The predicted octanol–water partition coefficient (Wildman–Crippen LogP) is 2.52. The molecule has 0 radical (unpaired) electrons. The van der Waals surface area contributed by atoms with E-state index in [1.807, 2.05) is 13.0 Å². The Kier molecular flexibility index (Phi) is 3.01. The summed E-state index contributed by atoms with van der Waals surface area (Å²) in [4.78, 5) is 22.9. The molecule has 1 saturated carbocycles. The van der Waals surface area contributed by atoms with Gasteiger partial charge in [0.15, 0.2) is 0 Å². The topological polar surface area (TPSA) is 54.4 Å². The second kappa shape index (κ2) is 4.29. The number of thioether (sulfide) groups is 1. The minimum absolute atomic E-state index is 0.255. The molecule has 0 aromatic heterocycles. The molecule has 1 aliphatic rings. The molecule has 1 aliphatic carbocycles. The Morgan fingerprint density at radius 1 is 1.38 bits per heavy atom. The van der Waals surface area contributed by atoms with Gasteiger partial charge in [0.05, 0.1) is 0 Å². The molecule has 0 saturated heterocycles. The van der Waals surface area contributed by atoms with Crippen LogP contribution in [0.25, 0.3) is 0 Å². The summed E-state index contributed by atoms with van der Waals surface area (Å²) in [5.41, 5.74) is 1.23. The molecule has 0 atom stereocenters. The van der Waals surface area contributed by atoms with E-state index in [4.69, 9.17) is 5.11 Å². The van der Waals surface area contributed by atoms with Gasteiger partial charge in [0, 0.05) is 15.7 Å². The van der Waals surface area contributed by atoms with Gasteiger partial charge in [0.2, 0.25) is 0 Å². The molecule has 0 heterocycles. The van der Waals surface area contributed by atoms with Gasteiger partial charge >= 0.3 is 5.97 Å². The van der Waals surface area contributed by atoms with Crippen molar-refractivity contribution in [1.82, 2.24) is 0 Å². The van der Waals surface area contributed by atoms with Gasteiger partial charge in [-0.25, -0.2) is 4.79 Å². The lowest BCUT2D eigenvalue weighted by atomic mass is 10.1. The highest BCUT2D eigenvalue weighted by Gasteiger charge is 2.23. The SMILES string of the molecule is Cc1cc(C(=O)C(=O)O)ccc1SC1CC1. The maximum Gasteiger partial charge on any atom is 0.377 e. The summed E-state index contributed by atoms with van der Waals surface area (Å²) >= 11 is 1.81. The van der Waals surface area contributed by atoms with E-state index in [-0.39, 0.29) is 5.56 Å². The minimum Gasteiger partial charge on any atom is -0.475 e. The van der Waals surface area contributed by atoms with Crippen LogP contribution in [0.15, 0.2) is 23.1 Å². The fourth-order valence-electron chi connectivity index (χ4n) is 1.41. The molecule has 1 aromatic rings. The molecule has 0 bridgehead atoms. The Balaban J connectivity index is 2.20. The first kappa shape index (κ1) is 11.2. The van der Waals surface area contributed by atoms with Crippen molar-refractivity contribution >= 4 is 23.5 Å². The highest BCUT2D eigenvalue weighted by molar-refractivity contribution is 8.00. The van der Waals surface area contributed by atoms with Crippen molar-refractivity contribution in [3.05, 3.63) is 29.3 Å². The summed E-state index contributed by atoms with van der Waals surface area (Å²) in [5.74, 6) is -2.24. The maximum absolute atomic E-state index is 11.2. The number of ketones is 1. The van der Waals surface area contributed by atoms with E-state index >= 15 is 0 Å². The molecule has 0 spiro atoms. The van der Waals surface area contributed by atoms with E-state index in [1.165, 1.54) is 12.8 Å². The molecule has 3 nitrogen and oxygen atoms in total. The van der Waals surface area contributed by atoms with Crippen LogP contribution in [-0.4, -0.2) is 22.1 Å². The fraction of sp³-hybridized carbons (Fsp3) is 0.333. The zero-order valence-electron chi connectivity index (χ0n) is 8.90. The number of aliphatic carboxylic acids is 1. The van der Waals surface area contributed by atoms with Crippen LogP contribution in [0.5, 0.6) is 0 Å². The number of carboxylic acids is 1. The Morgan fingerprint density at radius 2 is 2.06 bits per heavy atom. The van der Waals surface area contributed by atoms with Gasteiger partial charge in [-0.3, -0.25) is 4.79 Å². The zero-order valence-corrected chi connectivity index (χ0v) is 9.71. The van der Waals surface area contributed by atoms with Gasteiger partial charge in [-0.15, -0.1) is 11.8 Å². The van der Waals surface area contributed by atoms with Crippen LogP contribution >= 0.6 is 11.8 Å². The highest BCUT2D eigenvalue weighted by atomic mass is 32.2. The van der Waals surface area contributed by atoms with E-state index in [1.54, 1.807) is 23.9 Å². The van der Waals surface area contributed by atoms with Crippen molar-refractivity contribution in [2.75, 3.05) is 0 Å². The summed E-state index contributed by atoms with van der Waals surface area (Å²) in [6.45, 7) is 1.91. The summed E-state index contributed by atoms with van der Waals surface area (Å²) in [6, 6.07) is 5.09. The van der Waals surface area contributed by atoms with E-state index in [2.05, 4.69) is 0 Å². The molecule has 0 amide bonds. The number of rotatable bonds is 4. The number of benzene rings is 1. The van der Waals surface area contributed by atoms with E-state index in [0.717, 1.165) is 10.5 Å². The Bertz CT molecular complexity index is 450. The number of Topliss-reactive ketones (excluding diaryl/α,β-unsaturated/α-hetero) is 1. The molecule has 16 heavy (non-hydrogen) atoms. The van der Waals surface area contributed by atoms with Gasteiger partial charge in [-0.2, -0.15) is 0 Å². The first-order valence-electron chi connectivity index (χ1n) is 5.13. The van der Waals surface area contributed by atoms with Crippen LogP contribution < -0.4 is 0 Å². The van der Waals surface area contributed by atoms with E-state index < -0.39 is 11.8 Å². The molecular formula is C12H12O3S. The molecule has 0 aliphatic heterocycles. The average molecular weight is 236 g/mol. The maximum atomic E-state index is 11.2. The number of carbonyl (C=O) groups excluding carboxylic acids is 1. The lowest BCUT2D eigenvalue weighted by Crippen LogP contribution is -2.12. The normalized spacial score (nSPS) is 14.8. The third-order valence-electron chi connectivity index (χ3n) is 2.45. The molecule has 1 N–H and O–H groups in total. The number of hydrogen-bond donors (Lipinski definition) is 1. The monoisotopic (exact) mass is 236 g/mol. The predicted molar refractivity (Wildman–Crippen MR) is 62.0 cm³/mol. The van der Waals surface area contributed by atoms with Crippen molar-refractivity contribution in [2.45, 2.75) is 29.9 Å². The summed E-state index contributed by atoms with van der Waals surface area (Å²) in [6.07, 6.45) is 2.50. The van der Waals surface area contributed by atoms with Crippen LogP contribution in [-0.2, 0) is 4.79 Å². The number of aryl methyl sites for hydroxylation is 1. The number of carbonyl (C=O) groups is 2. The first-order chi connectivity index (χ1) is 7.58. The van der Waals surface area contributed by atoms with Crippen LogP contribution in [0.1, 0.15) is 28.8 Å². The number of hydrogen-bond acceptors (Lipinski definition) is 3. The van der Waals surface area contributed by atoms with E-state index in [9.17, 15) is 9.59 Å². The Hall–Kier alpha value is -1.29. The zero-order chi connectivity index (χ0) is 11.7. The van der Waals surface area contributed by atoms with Gasteiger partial charge in [-0.1, -0.05) is 0 Å². The highest BCUT2D eigenvalue weighted by Crippen LogP contribution is 2.40. The standard InChI is InChI=1S/C12H12O3S/c1-7-6-8(11(13)12(14)15)2-5-10(7)16-9-3-4-9/h2,5-6,9H,3-4H2,1H3,(H,14,15). The van der Waals surface area contributed by atoms with Crippen molar-refractivity contribution in [1.29, 1.82) is 0 Å². The second-order valence-corrected chi connectivity index (χ2v) is 5.27. The van der Waals surface area contributed by atoms with Crippen molar-refractivity contribution in [3.8, 4) is 0 Å². The van der Waals surface area contributed by atoms with Gasteiger partial charge in [0.1, 0.15) is 0 Å². The van der Waals surface area contributed by atoms with Crippen LogP contribution in [0, 0.1) is 6.92 Å². The van der Waals surface area contributed by atoms with Crippen LogP contribution in [0.4, 0.5) is 0 Å².